The number of aliphatic hydroxyl groups excluding tert-OH is 1. The largest absolute Gasteiger partial charge is 0.395 e. The summed E-state index contributed by atoms with van der Waals surface area (Å²) in [5.41, 5.74) is 1.42. The van der Waals surface area contributed by atoms with E-state index in [0.29, 0.717) is 12.0 Å². The molecule has 0 aliphatic carbocycles. The van der Waals surface area contributed by atoms with Gasteiger partial charge in [0, 0.05) is 25.2 Å². The van der Waals surface area contributed by atoms with Gasteiger partial charge in [0.05, 0.1) is 6.61 Å². The maximum Gasteiger partial charge on any atom is 0.0587 e. The first kappa shape index (κ1) is 15.5. The van der Waals surface area contributed by atoms with E-state index in [4.69, 9.17) is 0 Å². The molecule has 1 unspecified atom stereocenters. The summed E-state index contributed by atoms with van der Waals surface area (Å²) in [5, 5.41) is 13.0. The van der Waals surface area contributed by atoms with Crippen molar-refractivity contribution in [2.75, 3.05) is 26.2 Å². The first-order valence-corrected chi connectivity index (χ1v) is 7.82. The molecule has 1 fully saturated rings. The molecule has 2 atom stereocenters. The lowest BCUT2D eigenvalue weighted by Gasteiger charge is -2.24. The van der Waals surface area contributed by atoms with E-state index < -0.39 is 0 Å². The molecule has 20 heavy (non-hydrogen) atoms. The molecule has 0 amide bonds. The number of likely N-dealkylation sites (tertiary alicyclic amines) is 1. The lowest BCUT2D eigenvalue weighted by atomic mass is 10.0. The summed E-state index contributed by atoms with van der Waals surface area (Å²) in [7, 11) is 0. The van der Waals surface area contributed by atoms with E-state index in [1.807, 2.05) is 0 Å². The number of aliphatic hydroxyl groups is 1. The zero-order valence-electron chi connectivity index (χ0n) is 12.8. The van der Waals surface area contributed by atoms with Gasteiger partial charge < -0.3 is 15.3 Å². The first-order valence-electron chi connectivity index (χ1n) is 7.82. The molecule has 1 aliphatic rings. The average Bonchev–Trinajstić information content (AvgIpc) is 2.91. The van der Waals surface area contributed by atoms with Crippen molar-refractivity contribution in [3.05, 3.63) is 35.9 Å². The van der Waals surface area contributed by atoms with Gasteiger partial charge in [-0.25, -0.2) is 0 Å². The van der Waals surface area contributed by atoms with E-state index in [-0.39, 0.29) is 12.6 Å². The van der Waals surface area contributed by atoms with Gasteiger partial charge >= 0.3 is 0 Å². The van der Waals surface area contributed by atoms with Crippen LogP contribution in [0.5, 0.6) is 0 Å². The quantitative estimate of drug-likeness (QED) is 0.798. The van der Waals surface area contributed by atoms with Crippen LogP contribution in [0.15, 0.2) is 30.3 Å². The van der Waals surface area contributed by atoms with E-state index in [0.717, 1.165) is 19.5 Å². The predicted molar refractivity (Wildman–Crippen MR) is 83.8 cm³/mol. The van der Waals surface area contributed by atoms with Gasteiger partial charge in [0.2, 0.25) is 0 Å². The van der Waals surface area contributed by atoms with Gasteiger partial charge in [-0.15, -0.1) is 0 Å². The lowest BCUT2D eigenvalue weighted by molar-refractivity contribution is 0.198. The standard InChI is InChI=1S/C17H28N2O/c1-14(2)17(13-20)18-16-9-11-19(12-16)10-8-15-6-4-3-5-7-15/h3-7,14,16-18,20H,8-13H2,1-2H3/t16?,17-/m1/s1. The van der Waals surface area contributed by atoms with Crippen molar-refractivity contribution in [1.82, 2.24) is 10.2 Å². The minimum Gasteiger partial charge on any atom is -0.395 e. The molecular weight excluding hydrogens is 248 g/mol. The van der Waals surface area contributed by atoms with Crippen LogP contribution in [0.25, 0.3) is 0 Å². The Hall–Kier alpha value is -0.900. The fourth-order valence-electron chi connectivity index (χ4n) is 2.86. The predicted octanol–water partition coefficient (Wildman–Crippen LogP) is 1.91. The Kier molecular flexibility index (Phi) is 6.02. The van der Waals surface area contributed by atoms with Crippen LogP contribution in [0.3, 0.4) is 0 Å². The highest BCUT2D eigenvalue weighted by molar-refractivity contribution is 5.14. The van der Waals surface area contributed by atoms with Gasteiger partial charge in [-0.1, -0.05) is 44.2 Å². The summed E-state index contributed by atoms with van der Waals surface area (Å²) in [5.74, 6) is 0.485. The fraction of sp³-hybridized carbons (Fsp3) is 0.647. The van der Waals surface area contributed by atoms with Crippen molar-refractivity contribution in [3.63, 3.8) is 0 Å². The average molecular weight is 276 g/mol. The molecule has 112 valence electrons. The molecule has 2 N–H and O–H groups in total. The van der Waals surface area contributed by atoms with Gasteiger partial charge in [0.1, 0.15) is 0 Å². The van der Waals surface area contributed by atoms with Crippen LogP contribution in [0.4, 0.5) is 0 Å². The highest BCUT2D eigenvalue weighted by Crippen LogP contribution is 2.13. The number of hydrogen-bond acceptors (Lipinski definition) is 3. The molecule has 1 aromatic rings. The normalized spacial score (nSPS) is 21.5. The van der Waals surface area contributed by atoms with Crippen molar-refractivity contribution in [2.45, 2.75) is 38.8 Å². The SMILES string of the molecule is CC(C)[C@@H](CO)NC1CCN(CCc2ccccc2)C1. The van der Waals surface area contributed by atoms with Gasteiger partial charge in [0.25, 0.3) is 0 Å². The third kappa shape index (κ3) is 4.58. The summed E-state index contributed by atoms with van der Waals surface area (Å²) in [6, 6.07) is 11.5. The molecule has 0 spiro atoms. The molecule has 1 heterocycles. The van der Waals surface area contributed by atoms with Gasteiger partial charge in [-0.3, -0.25) is 0 Å². The Morgan fingerprint density at radius 3 is 2.70 bits per heavy atom. The topological polar surface area (TPSA) is 35.5 Å². The Morgan fingerprint density at radius 1 is 1.30 bits per heavy atom. The Morgan fingerprint density at radius 2 is 2.05 bits per heavy atom. The van der Waals surface area contributed by atoms with Gasteiger partial charge in [0.15, 0.2) is 0 Å². The number of hydrogen-bond donors (Lipinski definition) is 2. The summed E-state index contributed by atoms with van der Waals surface area (Å²) in [6.45, 7) is 7.97. The minimum absolute atomic E-state index is 0.231. The molecule has 1 aliphatic heterocycles. The maximum atomic E-state index is 9.40. The molecule has 1 aromatic carbocycles. The smallest absolute Gasteiger partial charge is 0.0587 e. The van der Waals surface area contributed by atoms with Crippen LogP contribution >= 0.6 is 0 Å². The number of benzene rings is 1. The Labute approximate surface area is 123 Å². The molecule has 3 nitrogen and oxygen atoms in total. The van der Waals surface area contributed by atoms with Crippen LogP contribution in [0, 0.1) is 5.92 Å². The van der Waals surface area contributed by atoms with Crippen LogP contribution < -0.4 is 5.32 Å². The molecule has 0 aromatic heterocycles. The Balaban J connectivity index is 1.72. The molecule has 1 saturated heterocycles. The highest BCUT2D eigenvalue weighted by Gasteiger charge is 2.25. The van der Waals surface area contributed by atoms with Gasteiger partial charge in [-0.05, 0) is 30.9 Å². The third-order valence-corrected chi connectivity index (χ3v) is 4.28. The molecular formula is C17H28N2O. The molecule has 0 bridgehead atoms. The summed E-state index contributed by atoms with van der Waals surface area (Å²) in [6.07, 6.45) is 2.32. The van der Waals surface area contributed by atoms with E-state index in [1.54, 1.807) is 0 Å². The number of nitrogens with zero attached hydrogens (tertiary/aromatic N) is 1. The zero-order valence-corrected chi connectivity index (χ0v) is 12.8. The van der Waals surface area contributed by atoms with Crippen LogP contribution in [-0.4, -0.2) is 48.3 Å². The highest BCUT2D eigenvalue weighted by atomic mass is 16.3. The number of rotatable bonds is 7. The monoisotopic (exact) mass is 276 g/mol. The molecule has 0 saturated carbocycles. The number of nitrogens with one attached hydrogen (secondary N) is 1. The van der Waals surface area contributed by atoms with Crippen molar-refractivity contribution in [2.24, 2.45) is 5.92 Å². The van der Waals surface area contributed by atoms with Crippen LogP contribution in [-0.2, 0) is 6.42 Å². The zero-order chi connectivity index (χ0) is 14.4. The van der Waals surface area contributed by atoms with Crippen molar-refractivity contribution in [1.29, 1.82) is 0 Å². The van der Waals surface area contributed by atoms with Crippen LogP contribution in [0.2, 0.25) is 0 Å². The molecule has 2 rings (SSSR count). The first-order chi connectivity index (χ1) is 9.69. The van der Waals surface area contributed by atoms with Crippen molar-refractivity contribution >= 4 is 0 Å². The fourth-order valence-corrected chi connectivity index (χ4v) is 2.86. The second kappa shape index (κ2) is 7.77. The molecule has 0 radical (unpaired) electrons. The van der Waals surface area contributed by atoms with Crippen molar-refractivity contribution < 1.29 is 5.11 Å². The van der Waals surface area contributed by atoms with E-state index in [2.05, 4.69) is 54.4 Å². The van der Waals surface area contributed by atoms with E-state index in [9.17, 15) is 5.11 Å². The third-order valence-electron chi connectivity index (χ3n) is 4.28. The second-order valence-corrected chi connectivity index (χ2v) is 6.22. The summed E-state index contributed by atoms with van der Waals surface area (Å²) < 4.78 is 0. The summed E-state index contributed by atoms with van der Waals surface area (Å²) in [4.78, 5) is 2.53. The summed E-state index contributed by atoms with van der Waals surface area (Å²) >= 11 is 0. The van der Waals surface area contributed by atoms with Crippen LogP contribution in [0.1, 0.15) is 25.8 Å². The minimum atomic E-state index is 0.231. The van der Waals surface area contributed by atoms with Crippen molar-refractivity contribution in [3.8, 4) is 0 Å². The maximum absolute atomic E-state index is 9.40. The second-order valence-electron chi connectivity index (χ2n) is 6.22. The lowest BCUT2D eigenvalue weighted by Crippen LogP contribution is -2.45. The Bertz CT molecular complexity index is 380. The molecule has 3 heteroatoms. The van der Waals surface area contributed by atoms with E-state index in [1.165, 1.54) is 18.5 Å². The van der Waals surface area contributed by atoms with E-state index >= 15 is 0 Å². The van der Waals surface area contributed by atoms with Gasteiger partial charge in [-0.2, -0.15) is 0 Å².